The fraction of sp³-hybridized carbons (Fsp3) is 0.562. The van der Waals surface area contributed by atoms with E-state index in [2.05, 4.69) is 11.5 Å². The Hall–Kier alpha value is -1.15. The molecule has 18 heavy (non-hydrogen) atoms. The van der Waals surface area contributed by atoms with Gasteiger partial charge in [-0.3, -0.25) is 9.69 Å². The van der Waals surface area contributed by atoms with Crippen molar-refractivity contribution in [1.29, 1.82) is 0 Å². The van der Waals surface area contributed by atoms with E-state index in [0.717, 1.165) is 37.9 Å². The number of Topliss-reactive ketones (excluding diaryl/α,β-unsaturated/α-hetero) is 1. The molecule has 1 saturated carbocycles. The van der Waals surface area contributed by atoms with Crippen molar-refractivity contribution >= 4 is 5.78 Å². The normalized spacial score (nSPS) is 29.9. The molecule has 0 spiro atoms. The van der Waals surface area contributed by atoms with Crippen molar-refractivity contribution in [3.8, 4) is 0 Å². The van der Waals surface area contributed by atoms with Crippen molar-refractivity contribution in [2.75, 3.05) is 13.1 Å². The van der Waals surface area contributed by atoms with E-state index in [4.69, 9.17) is 0 Å². The molecule has 0 amide bonds. The smallest absolute Gasteiger partial charge is 0.157 e. The Bertz CT molecular complexity index is 390. The fourth-order valence-corrected chi connectivity index (χ4v) is 3.01. The van der Waals surface area contributed by atoms with Gasteiger partial charge in [0.15, 0.2) is 5.78 Å². The molecule has 2 aliphatic rings. The van der Waals surface area contributed by atoms with E-state index in [-0.39, 0.29) is 5.54 Å². The standard InChI is InChI=1S/C16H23NO/c1-3-4-5-9-14(2)16(17-12-8-13-17)11-7-6-10-15(16)18/h3-5,9H,2,6-8,10-13H2,1H3/b4-3-,9-5-/t16-/m0/s1. The van der Waals surface area contributed by atoms with Gasteiger partial charge < -0.3 is 0 Å². The molecule has 1 aliphatic heterocycles. The van der Waals surface area contributed by atoms with Crippen molar-refractivity contribution in [2.24, 2.45) is 0 Å². The molecule has 2 rings (SSSR count). The van der Waals surface area contributed by atoms with E-state index in [0.29, 0.717) is 12.2 Å². The first-order chi connectivity index (χ1) is 8.71. The maximum atomic E-state index is 12.5. The molecule has 2 heteroatoms. The number of hydrogen-bond donors (Lipinski definition) is 0. The Morgan fingerprint density at radius 1 is 1.28 bits per heavy atom. The third-order valence-corrected chi connectivity index (χ3v) is 4.18. The van der Waals surface area contributed by atoms with E-state index in [1.165, 1.54) is 6.42 Å². The van der Waals surface area contributed by atoms with Crippen LogP contribution in [0.2, 0.25) is 0 Å². The molecule has 1 saturated heterocycles. The summed E-state index contributed by atoms with van der Waals surface area (Å²) in [5.41, 5.74) is 0.596. The number of carbonyl (C=O) groups excluding carboxylic acids is 1. The first kappa shape index (κ1) is 13.3. The molecule has 0 bridgehead atoms. The third-order valence-electron chi connectivity index (χ3n) is 4.18. The maximum absolute atomic E-state index is 12.5. The van der Waals surface area contributed by atoms with Crippen LogP contribution in [0.4, 0.5) is 0 Å². The SMILES string of the molecule is C=C(/C=C\C=C/C)[C@@]1(N2CCC2)CCCCC1=O. The van der Waals surface area contributed by atoms with Gasteiger partial charge in [-0.05, 0) is 31.8 Å². The van der Waals surface area contributed by atoms with Crippen molar-refractivity contribution in [3.05, 3.63) is 36.5 Å². The Balaban J connectivity index is 2.23. The molecule has 0 radical (unpaired) electrons. The molecule has 1 heterocycles. The highest BCUT2D eigenvalue weighted by Gasteiger charge is 2.47. The van der Waals surface area contributed by atoms with Crippen LogP contribution in [0, 0.1) is 0 Å². The summed E-state index contributed by atoms with van der Waals surface area (Å²) >= 11 is 0. The first-order valence-electron chi connectivity index (χ1n) is 6.99. The predicted octanol–water partition coefficient (Wildman–Crippen LogP) is 3.26. The van der Waals surface area contributed by atoms with Gasteiger partial charge in [-0.1, -0.05) is 37.3 Å². The summed E-state index contributed by atoms with van der Waals surface area (Å²) in [4.78, 5) is 14.8. The lowest BCUT2D eigenvalue weighted by Gasteiger charge is -2.50. The van der Waals surface area contributed by atoms with Gasteiger partial charge in [0, 0.05) is 19.5 Å². The number of allylic oxidation sites excluding steroid dienone is 3. The largest absolute Gasteiger partial charge is 0.297 e. The van der Waals surface area contributed by atoms with E-state index < -0.39 is 0 Å². The van der Waals surface area contributed by atoms with Crippen LogP contribution in [-0.4, -0.2) is 29.3 Å². The lowest BCUT2D eigenvalue weighted by atomic mass is 9.73. The molecule has 0 aromatic rings. The quantitative estimate of drug-likeness (QED) is 0.709. The summed E-state index contributed by atoms with van der Waals surface area (Å²) in [5, 5.41) is 0. The number of ketones is 1. The number of hydrogen-bond acceptors (Lipinski definition) is 2. The van der Waals surface area contributed by atoms with E-state index >= 15 is 0 Å². The Morgan fingerprint density at radius 3 is 2.61 bits per heavy atom. The molecular weight excluding hydrogens is 222 g/mol. The molecule has 0 aromatic carbocycles. The lowest BCUT2D eigenvalue weighted by Crippen LogP contribution is -2.61. The fourth-order valence-electron chi connectivity index (χ4n) is 3.01. The minimum absolute atomic E-state index is 0.378. The van der Waals surface area contributed by atoms with Crippen molar-refractivity contribution in [2.45, 2.75) is 44.6 Å². The minimum Gasteiger partial charge on any atom is -0.297 e. The highest BCUT2D eigenvalue weighted by atomic mass is 16.1. The van der Waals surface area contributed by atoms with Gasteiger partial charge in [-0.2, -0.15) is 0 Å². The second-order valence-corrected chi connectivity index (χ2v) is 5.24. The van der Waals surface area contributed by atoms with Gasteiger partial charge in [0.1, 0.15) is 5.54 Å². The van der Waals surface area contributed by atoms with Crippen LogP contribution in [0.15, 0.2) is 36.5 Å². The van der Waals surface area contributed by atoms with Crippen LogP contribution >= 0.6 is 0 Å². The van der Waals surface area contributed by atoms with E-state index in [9.17, 15) is 4.79 Å². The Morgan fingerprint density at radius 2 is 2.06 bits per heavy atom. The summed E-state index contributed by atoms with van der Waals surface area (Å²) in [7, 11) is 0. The monoisotopic (exact) mass is 245 g/mol. The molecule has 0 aromatic heterocycles. The zero-order valence-electron chi connectivity index (χ0n) is 11.3. The van der Waals surface area contributed by atoms with Crippen molar-refractivity contribution in [1.82, 2.24) is 4.90 Å². The second-order valence-electron chi connectivity index (χ2n) is 5.24. The Labute approximate surface area is 110 Å². The maximum Gasteiger partial charge on any atom is 0.157 e. The van der Waals surface area contributed by atoms with Gasteiger partial charge in [0.2, 0.25) is 0 Å². The third kappa shape index (κ3) is 2.22. The topological polar surface area (TPSA) is 20.3 Å². The zero-order chi connectivity index (χ0) is 13.0. The van der Waals surface area contributed by atoms with E-state index in [1.54, 1.807) is 0 Å². The molecule has 1 atom stereocenters. The van der Waals surface area contributed by atoms with Crippen molar-refractivity contribution in [3.63, 3.8) is 0 Å². The molecule has 0 N–H and O–H groups in total. The number of rotatable bonds is 4. The van der Waals surface area contributed by atoms with Crippen LogP contribution in [0.25, 0.3) is 0 Å². The Kier molecular flexibility index (Phi) is 4.18. The van der Waals surface area contributed by atoms with Crippen LogP contribution in [-0.2, 0) is 4.79 Å². The molecule has 1 aliphatic carbocycles. The van der Waals surface area contributed by atoms with Gasteiger partial charge in [0.25, 0.3) is 0 Å². The van der Waals surface area contributed by atoms with Crippen LogP contribution in [0.3, 0.4) is 0 Å². The second kappa shape index (κ2) is 5.66. The summed E-state index contributed by atoms with van der Waals surface area (Å²) in [6.07, 6.45) is 13.0. The summed E-state index contributed by atoms with van der Waals surface area (Å²) in [6.45, 7) is 8.27. The van der Waals surface area contributed by atoms with Gasteiger partial charge in [-0.15, -0.1) is 0 Å². The number of likely N-dealkylation sites (tertiary alicyclic amines) is 1. The summed E-state index contributed by atoms with van der Waals surface area (Å²) < 4.78 is 0. The summed E-state index contributed by atoms with van der Waals surface area (Å²) in [5.74, 6) is 0.378. The van der Waals surface area contributed by atoms with Crippen LogP contribution in [0.5, 0.6) is 0 Å². The zero-order valence-corrected chi connectivity index (χ0v) is 11.3. The van der Waals surface area contributed by atoms with Gasteiger partial charge in [-0.25, -0.2) is 0 Å². The number of carbonyl (C=O) groups is 1. The summed E-state index contributed by atoms with van der Waals surface area (Å²) in [6, 6.07) is 0. The van der Waals surface area contributed by atoms with Crippen molar-refractivity contribution < 1.29 is 4.79 Å². The van der Waals surface area contributed by atoms with Gasteiger partial charge in [0.05, 0.1) is 0 Å². The first-order valence-corrected chi connectivity index (χ1v) is 6.99. The number of nitrogens with zero attached hydrogens (tertiary/aromatic N) is 1. The van der Waals surface area contributed by atoms with Gasteiger partial charge >= 0.3 is 0 Å². The average Bonchev–Trinajstić information content (AvgIpc) is 2.30. The van der Waals surface area contributed by atoms with E-state index in [1.807, 2.05) is 31.2 Å². The highest BCUT2D eigenvalue weighted by Crippen LogP contribution is 2.39. The molecular formula is C16H23NO. The molecule has 2 fully saturated rings. The minimum atomic E-state index is -0.380. The molecule has 2 nitrogen and oxygen atoms in total. The van der Waals surface area contributed by atoms with Crippen LogP contribution < -0.4 is 0 Å². The lowest BCUT2D eigenvalue weighted by molar-refractivity contribution is -0.134. The highest BCUT2D eigenvalue weighted by molar-refractivity contribution is 5.93. The average molecular weight is 245 g/mol. The van der Waals surface area contributed by atoms with Crippen LogP contribution in [0.1, 0.15) is 39.0 Å². The molecule has 98 valence electrons. The predicted molar refractivity (Wildman–Crippen MR) is 75.5 cm³/mol. The molecule has 0 unspecified atom stereocenters.